The van der Waals surface area contributed by atoms with Crippen molar-refractivity contribution in [1.82, 2.24) is 4.90 Å². The number of hydrogen-bond donors (Lipinski definition) is 1. The Hall–Kier alpha value is -0.910. The summed E-state index contributed by atoms with van der Waals surface area (Å²) in [6.07, 6.45) is 0.618. The van der Waals surface area contributed by atoms with Gasteiger partial charge in [0.2, 0.25) is 5.91 Å². The number of carbonyl (C=O) groups excluding carboxylic acids is 1. The van der Waals surface area contributed by atoms with Gasteiger partial charge in [0.15, 0.2) is 0 Å². The molecule has 0 radical (unpaired) electrons. The monoisotopic (exact) mass is 254 g/mol. The van der Waals surface area contributed by atoms with Crippen LogP contribution in [0.3, 0.4) is 0 Å². The molecule has 0 aromatic carbocycles. The highest BCUT2D eigenvalue weighted by Gasteiger charge is 2.40. The molecule has 2 heterocycles. The SMILES string of the molecule is CCN(Cc1cccs1)C(=O)C1(N)CCOC1. The first-order valence-corrected chi connectivity index (χ1v) is 6.72. The molecule has 1 aliphatic rings. The van der Waals surface area contributed by atoms with Gasteiger partial charge in [0.25, 0.3) is 0 Å². The van der Waals surface area contributed by atoms with Crippen LogP contribution in [-0.4, -0.2) is 36.1 Å². The van der Waals surface area contributed by atoms with Gasteiger partial charge < -0.3 is 15.4 Å². The maximum Gasteiger partial charge on any atom is 0.245 e. The van der Waals surface area contributed by atoms with Gasteiger partial charge in [0.05, 0.1) is 13.2 Å². The third-order valence-corrected chi connectivity index (χ3v) is 3.93. The van der Waals surface area contributed by atoms with E-state index in [0.29, 0.717) is 32.7 Å². The van der Waals surface area contributed by atoms with Gasteiger partial charge in [0, 0.05) is 18.0 Å². The number of nitrogens with two attached hydrogens (primary N) is 1. The Balaban J connectivity index is 2.05. The average molecular weight is 254 g/mol. The van der Waals surface area contributed by atoms with Crippen molar-refractivity contribution < 1.29 is 9.53 Å². The van der Waals surface area contributed by atoms with Crippen molar-refractivity contribution in [2.75, 3.05) is 19.8 Å². The number of ether oxygens (including phenoxy) is 1. The van der Waals surface area contributed by atoms with Gasteiger partial charge in [-0.2, -0.15) is 0 Å². The van der Waals surface area contributed by atoms with E-state index in [9.17, 15) is 4.79 Å². The van der Waals surface area contributed by atoms with Crippen LogP contribution in [0.4, 0.5) is 0 Å². The summed E-state index contributed by atoms with van der Waals surface area (Å²) in [6.45, 7) is 4.22. The van der Waals surface area contributed by atoms with Crippen LogP contribution >= 0.6 is 11.3 Å². The van der Waals surface area contributed by atoms with Crippen molar-refractivity contribution in [2.45, 2.75) is 25.4 Å². The van der Waals surface area contributed by atoms with Crippen LogP contribution in [-0.2, 0) is 16.1 Å². The smallest absolute Gasteiger partial charge is 0.245 e. The summed E-state index contributed by atoms with van der Waals surface area (Å²) in [5.74, 6) is 0.00546. The Morgan fingerprint density at radius 1 is 1.71 bits per heavy atom. The lowest BCUT2D eigenvalue weighted by atomic mass is 9.98. The number of rotatable bonds is 4. The van der Waals surface area contributed by atoms with E-state index < -0.39 is 5.54 Å². The molecule has 1 fully saturated rings. The molecule has 0 bridgehead atoms. The predicted octanol–water partition coefficient (Wildman–Crippen LogP) is 1.21. The highest BCUT2D eigenvalue weighted by atomic mass is 32.1. The van der Waals surface area contributed by atoms with Crippen LogP contribution in [0.25, 0.3) is 0 Å². The molecule has 1 aromatic heterocycles. The topological polar surface area (TPSA) is 55.6 Å². The van der Waals surface area contributed by atoms with Gasteiger partial charge in [0.1, 0.15) is 5.54 Å². The number of thiophene rings is 1. The van der Waals surface area contributed by atoms with E-state index in [0.717, 1.165) is 0 Å². The summed E-state index contributed by atoms with van der Waals surface area (Å²) in [4.78, 5) is 15.3. The van der Waals surface area contributed by atoms with Gasteiger partial charge in [-0.15, -0.1) is 11.3 Å². The highest BCUT2D eigenvalue weighted by molar-refractivity contribution is 7.09. The predicted molar refractivity (Wildman–Crippen MR) is 67.8 cm³/mol. The van der Waals surface area contributed by atoms with E-state index in [1.54, 1.807) is 16.2 Å². The van der Waals surface area contributed by atoms with Crippen LogP contribution in [0.5, 0.6) is 0 Å². The average Bonchev–Trinajstić information content (AvgIpc) is 2.97. The fraction of sp³-hybridized carbons (Fsp3) is 0.583. The molecule has 4 nitrogen and oxygen atoms in total. The van der Waals surface area contributed by atoms with Crippen molar-refractivity contribution in [1.29, 1.82) is 0 Å². The van der Waals surface area contributed by atoms with Crippen LogP contribution in [0.2, 0.25) is 0 Å². The molecular formula is C12H18N2O2S. The number of hydrogen-bond acceptors (Lipinski definition) is 4. The van der Waals surface area contributed by atoms with Crippen molar-refractivity contribution in [2.24, 2.45) is 5.73 Å². The Morgan fingerprint density at radius 3 is 3.06 bits per heavy atom. The molecular weight excluding hydrogens is 236 g/mol. The minimum Gasteiger partial charge on any atom is -0.379 e. The number of carbonyl (C=O) groups is 1. The molecule has 5 heteroatoms. The zero-order valence-corrected chi connectivity index (χ0v) is 10.8. The maximum atomic E-state index is 12.4. The zero-order chi connectivity index (χ0) is 12.3. The molecule has 1 unspecified atom stereocenters. The normalized spacial score (nSPS) is 23.9. The quantitative estimate of drug-likeness (QED) is 0.879. The molecule has 0 saturated carbocycles. The summed E-state index contributed by atoms with van der Waals surface area (Å²) < 4.78 is 5.24. The van der Waals surface area contributed by atoms with Crippen molar-refractivity contribution in [3.05, 3.63) is 22.4 Å². The fourth-order valence-corrected chi connectivity index (χ4v) is 2.70. The van der Waals surface area contributed by atoms with E-state index in [-0.39, 0.29) is 5.91 Å². The maximum absolute atomic E-state index is 12.4. The summed E-state index contributed by atoms with van der Waals surface area (Å²) in [5, 5.41) is 2.02. The molecule has 0 spiro atoms. The second-order valence-electron chi connectivity index (χ2n) is 4.36. The van der Waals surface area contributed by atoms with E-state index in [1.807, 2.05) is 24.4 Å². The summed E-state index contributed by atoms with van der Waals surface area (Å²) in [7, 11) is 0. The number of likely N-dealkylation sites (N-methyl/N-ethyl adjacent to an activating group) is 1. The Morgan fingerprint density at radius 2 is 2.53 bits per heavy atom. The number of amides is 1. The molecule has 1 aliphatic heterocycles. The highest BCUT2D eigenvalue weighted by Crippen LogP contribution is 2.20. The number of nitrogens with zero attached hydrogens (tertiary/aromatic N) is 1. The molecule has 2 N–H and O–H groups in total. The Bertz CT molecular complexity index is 372. The molecule has 94 valence electrons. The van der Waals surface area contributed by atoms with Crippen molar-refractivity contribution >= 4 is 17.2 Å². The van der Waals surface area contributed by atoms with Gasteiger partial charge in [-0.1, -0.05) is 6.07 Å². The molecule has 2 rings (SSSR count). The third kappa shape index (κ3) is 2.68. The second-order valence-corrected chi connectivity index (χ2v) is 5.39. The van der Waals surface area contributed by atoms with Gasteiger partial charge >= 0.3 is 0 Å². The van der Waals surface area contributed by atoms with Gasteiger partial charge in [-0.05, 0) is 24.8 Å². The van der Waals surface area contributed by atoms with E-state index in [4.69, 9.17) is 10.5 Å². The molecule has 1 saturated heterocycles. The minimum absolute atomic E-state index is 0.00546. The second kappa shape index (κ2) is 5.16. The summed E-state index contributed by atoms with van der Waals surface area (Å²) in [6, 6.07) is 4.03. The standard InChI is InChI=1S/C12H18N2O2S/c1-2-14(8-10-4-3-7-17-10)11(15)12(13)5-6-16-9-12/h3-4,7H,2,5-6,8-9,13H2,1H3. The first-order chi connectivity index (χ1) is 8.15. The Kier molecular flexibility index (Phi) is 3.81. The van der Waals surface area contributed by atoms with Gasteiger partial charge in [-0.25, -0.2) is 0 Å². The van der Waals surface area contributed by atoms with Crippen LogP contribution < -0.4 is 5.73 Å². The van der Waals surface area contributed by atoms with Crippen molar-refractivity contribution in [3.63, 3.8) is 0 Å². The first-order valence-electron chi connectivity index (χ1n) is 5.84. The largest absolute Gasteiger partial charge is 0.379 e. The Labute approximate surface area is 105 Å². The summed E-state index contributed by atoms with van der Waals surface area (Å²) >= 11 is 1.66. The minimum atomic E-state index is -0.812. The molecule has 1 amide bonds. The van der Waals surface area contributed by atoms with Crippen LogP contribution in [0, 0.1) is 0 Å². The van der Waals surface area contributed by atoms with Crippen LogP contribution in [0.15, 0.2) is 17.5 Å². The van der Waals surface area contributed by atoms with Crippen LogP contribution in [0.1, 0.15) is 18.2 Å². The van der Waals surface area contributed by atoms with E-state index >= 15 is 0 Å². The fourth-order valence-electron chi connectivity index (χ4n) is 1.98. The summed E-state index contributed by atoms with van der Waals surface area (Å²) in [5.41, 5.74) is 5.28. The molecule has 0 aliphatic carbocycles. The first kappa shape index (κ1) is 12.5. The van der Waals surface area contributed by atoms with E-state index in [2.05, 4.69) is 0 Å². The van der Waals surface area contributed by atoms with Crippen molar-refractivity contribution in [3.8, 4) is 0 Å². The molecule has 1 atom stereocenters. The third-order valence-electron chi connectivity index (χ3n) is 3.07. The lowest BCUT2D eigenvalue weighted by Crippen LogP contribution is -2.55. The lowest BCUT2D eigenvalue weighted by molar-refractivity contribution is -0.137. The van der Waals surface area contributed by atoms with E-state index in [1.165, 1.54) is 4.88 Å². The van der Waals surface area contributed by atoms with Gasteiger partial charge in [-0.3, -0.25) is 4.79 Å². The molecule has 1 aromatic rings. The lowest BCUT2D eigenvalue weighted by Gasteiger charge is -2.29. The zero-order valence-electron chi connectivity index (χ0n) is 10.0. The molecule has 17 heavy (non-hydrogen) atoms.